The molecule has 638 valence electrons. The summed E-state index contributed by atoms with van der Waals surface area (Å²) in [5, 5.41) is 19.6. The molecule has 0 radical (unpaired) electrons. The third-order valence-electron chi connectivity index (χ3n) is 19.2. The highest BCUT2D eigenvalue weighted by Gasteiger charge is 2.32. The number of amides is 4. The highest BCUT2D eigenvalue weighted by atomic mass is 16.5. The van der Waals surface area contributed by atoms with Gasteiger partial charge in [-0.15, -0.1) is 0 Å². The Morgan fingerprint density at radius 3 is 1.16 bits per heavy atom. The average molecular weight is 1590 g/mol. The Morgan fingerprint density at radius 1 is 0.268 bits per heavy atom. The van der Waals surface area contributed by atoms with Gasteiger partial charge in [0, 0.05) is 167 Å². The summed E-state index contributed by atoms with van der Waals surface area (Å²) in [7, 11) is 1.53. The first kappa shape index (κ1) is 105. The molecule has 4 amide bonds. The molecule has 31 heteroatoms. The third-order valence-corrected chi connectivity index (χ3v) is 19.2. The molecule has 7 N–H and O–H groups in total. The van der Waals surface area contributed by atoms with Gasteiger partial charge in [-0.1, -0.05) is 55.4 Å². The zero-order valence-electron chi connectivity index (χ0n) is 68.7. The first-order valence-corrected chi connectivity index (χ1v) is 40.6. The Balaban J connectivity index is 7.05. The van der Waals surface area contributed by atoms with Crippen LogP contribution in [0.2, 0.25) is 0 Å². The van der Waals surface area contributed by atoms with Crippen molar-refractivity contribution < 1.29 is 115 Å². The molecule has 0 bridgehead atoms. The van der Waals surface area contributed by atoms with E-state index >= 15 is 0 Å². The summed E-state index contributed by atoms with van der Waals surface area (Å²) in [6.07, 6.45) is -0.182. The number of hydrogen-bond acceptors (Lipinski definition) is 27. The van der Waals surface area contributed by atoms with Crippen LogP contribution in [0.3, 0.4) is 0 Å². The molecule has 0 rings (SSSR count). The van der Waals surface area contributed by atoms with Crippen LogP contribution in [-0.2, 0) is 115 Å². The Bertz CT molecular complexity index is 2920. The molecule has 31 nitrogen and oxygen atoms in total. The second-order valence-corrected chi connectivity index (χ2v) is 27.8. The summed E-state index contributed by atoms with van der Waals surface area (Å²) in [5.74, 6) is -9.26. The van der Waals surface area contributed by atoms with Gasteiger partial charge in [-0.2, -0.15) is 0 Å². The van der Waals surface area contributed by atoms with Crippen LogP contribution >= 0.6 is 0 Å². The molecule has 0 aromatic heterocycles. The van der Waals surface area contributed by atoms with Gasteiger partial charge in [0.2, 0.25) is 23.6 Å². The standard InChI is InChI=1S/C81H135N7O24/c1-11-59(89)25-20-56(72(97)15-5)22-27-63(93)30-34-70(77(102)53-86-68(75(100)18-8)33-29-62(92)14-4)88-80(105)58(50-65(95)54-111-49-47-110-42-40-82-78(103)39-36-71(81(106)83-41-43-109-45-44-107-10)85-52-66(96)55-112-48-46-108-19-9)24-38-79(104)87-69(76(101)37-23-57(73(98)16-6)21-26-60(90)12-2)35-31-64(94)51-84-67(74(99)17-7)32-28-61(91)13-3/h56-58,67-71,84-86H,11-55H2,1-10H3,(H,82,103)(H,83,106)(H,87,104)(H,88,105). The van der Waals surface area contributed by atoms with Crippen LogP contribution in [0.15, 0.2) is 0 Å². The number of carbonyl (C=O) groups excluding carboxylic acids is 18. The van der Waals surface area contributed by atoms with E-state index in [2.05, 4.69) is 37.2 Å². The number of ketones is 14. The Morgan fingerprint density at radius 2 is 0.652 bits per heavy atom. The second-order valence-electron chi connectivity index (χ2n) is 27.8. The normalized spacial score (nSPS) is 13.4. The summed E-state index contributed by atoms with van der Waals surface area (Å²) >= 11 is 0. The number of nitrogens with one attached hydrogen (secondary N) is 7. The number of ether oxygens (including phenoxy) is 6. The van der Waals surface area contributed by atoms with E-state index in [1.807, 2.05) is 6.92 Å². The summed E-state index contributed by atoms with van der Waals surface area (Å²) in [6, 6.07) is -5.43. The van der Waals surface area contributed by atoms with Gasteiger partial charge in [0.15, 0.2) is 23.1 Å². The van der Waals surface area contributed by atoms with Gasteiger partial charge >= 0.3 is 0 Å². The van der Waals surface area contributed by atoms with E-state index < -0.39 is 127 Å². The van der Waals surface area contributed by atoms with E-state index in [1.165, 1.54) is 7.11 Å². The van der Waals surface area contributed by atoms with E-state index in [4.69, 9.17) is 28.4 Å². The maximum absolute atomic E-state index is 14.8. The smallest absolute Gasteiger partial charge is 0.237 e. The molecule has 8 unspecified atom stereocenters. The van der Waals surface area contributed by atoms with Crippen LogP contribution in [-0.4, -0.2) is 247 Å². The van der Waals surface area contributed by atoms with Crippen LogP contribution in [0.4, 0.5) is 0 Å². The monoisotopic (exact) mass is 1590 g/mol. The average Bonchev–Trinajstić information content (AvgIpc) is 0.885. The highest BCUT2D eigenvalue weighted by molar-refractivity contribution is 5.96. The molecular weight excluding hydrogens is 1450 g/mol. The van der Waals surface area contributed by atoms with Crippen LogP contribution < -0.4 is 37.2 Å². The molecule has 0 saturated heterocycles. The molecule has 0 spiro atoms. The Labute approximate surface area is 662 Å². The van der Waals surface area contributed by atoms with Crippen molar-refractivity contribution in [3.05, 3.63) is 0 Å². The van der Waals surface area contributed by atoms with Crippen molar-refractivity contribution >= 4 is 105 Å². The minimum atomic E-state index is -1.45. The topological polar surface area (TPSA) is 447 Å². The molecule has 0 aliphatic carbocycles. The highest BCUT2D eigenvalue weighted by Crippen LogP contribution is 2.22. The van der Waals surface area contributed by atoms with E-state index in [9.17, 15) is 86.3 Å². The molecule has 0 heterocycles. The lowest BCUT2D eigenvalue weighted by Crippen LogP contribution is -2.49. The van der Waals surface area contributed by atoms with Crippen molar-refractivity contribution in [1.82, 2.24) is 37.2 Å². The minimum Gasteiger partial charge on any atom is -0.382 e. The molecule has 0 fully saturated rings. The number of hydrogen-bond donors (Lipinski definition) is 7. The molecule has 0 aliphatic heterocycles. The van der Waals surface area contributed by atoms with Crippen molar-refractivity contribution in [3.8, 4) is 0 Å². The van der Waals surface area contributed by atoms with Crippen molar-refractivity contribution in [3.63, 3.8) is 0 Å². The largest absolute Gasteiger partial charge is 0.382 e. The summed E-state index contributed by atoms with van der Waals surface area (Å²) in [6.45, 7) is 15.3. The van der Waals surface area contributed by atoms with E-state index in [1.54, 1.807) is 55.4 Å². The maximum atomic E-state index is 14.8. The predicted molar refractivity (Wildman–Crippen MR) is 417 cm³/mol. The zero-order chi connectivity index (χ0) is 84.0. The SMILES string of the molecule is CCOCCOCC(=O)CNC(CCC(=O)NCCOCCOCC(=O)CC(CCC(=O)NC(CCC(=O)CNC(CCC(=O)CC)C(=O)CC)C(=O)CCC(CCC(=O)CC)C(=O)CC)C(=O)NC(CCC(=O)CCC(CCC(=O)CC)C(=O)CC)C(=O)CNC(CCC(=O)CC)C(=O)CC)C(=O)NCCOCCOC. The number of rotatable bonds is 79. The number of methoxy groups -OCH3 is 1. The van der Waals surface area contributed by atoms with Crippen molar-refractivity contribution in [2.24, 2.45) is 17.8 Å². The molecule has 8 atom stereocenters. The fourth-order valence-electron chi connectivity index (χ4n) is 11.8. The quantitative estimate of drug-likeness (QED) is 0.0389. The van der Waals surface area contributed by atoms with Gasteiger partial charge in [-0.25, -0.2) is 0 Å². The zero-order valence-corrected chi connectivity index (χ0v) is 68.7. The fraction of sp³-hybridized carbons (Fsp3) is 0.778. The molecule has 0 aromatic carbocycles. The van der Waals surface area contributed by atoms with Gasteiger partial charge in [-0.3, -0.25) is 91.6 Å². The van der Waals surface area contributed by atoms with Crippen LogP contribution in [0.1, 0.15) is 249 Å². The van der Waals surface area contributed by atoms with E-state index in [0.29, 0.717) is 26.4 Å². The Kier molecular flexibility index (Phi) is 62.0. The lowest BCUT2D eigenvalue weighted by molar-refractivity contribution is -0.135. The number of Topliss-reactive ketones (excluding diaryl/α,β-unsaturated/α-hetero) is 14. The van der Waals surface area contributed by atoms with Gasteiger partial charge in [0.05, 0.1) is 103 Å². The molecule has 0 saturated carbocycles. The van der Waals surface area contributed by atoms with Crippen molar-refractivity contribution in [2.45, 2.75) is 279 Å². The fourth-order valence-corrected chi connectivity index (χ4v) is 11.8. The second kappa shape index (κ2) is 66.2. The lowest BCUT2D eigenvalue weighted by Gasteiger charge is -2.24. The molecule has 0 aliphatic rings. The molecular formula is C81H135N7O24. The van der Waals surface area contributed by atoms with Crippen molar-refractivity contribution in [1.29, 1.82) is 0 Å². The van der Waals surface area contributed by atoms with Crippen LogP contribution in [0.5, 0.6) is 0 Å². The predicted octanol–water partition coefficient (Wildman–Crippen LogP) is 5.10. The Hall–Kier alpha value is -7.10. The summed E-state index contributed by atoms with van der Waals surface area (Å²) in [4.78, 5) is 239. The van der Waals surface area contributed by atoms with Gasteiger partial charge in [-0.05, 0) is 71.1 Å². The minimum absolute atomic E-state index is 0.00311. The van der Waals surface area contributed by atoms with Crippen LogP contribution in [0, 0.1) is 17.8 Å². The van der Waals surface area contributed by atoms with Crippen LogP contribution in [0.25, 0.3) is 0 Å². The van der Waals surface area contributed by atoms with E-state index in [0.717, 1.165) is 0 Å². The van der Waals surface area contributed by atoms with Gasteiger partial charge < -0.3 is 60.3 Å². The third kappa shape index (κ3) is 51.6. The first-order valence-electron chi connectivity index (χ1n) is 40.6. The lowest BCUT2D eigenvalue weighted by atomic mass is 9.88. The first-order chi connectivity index (χ1) is 53.6. The van der Waals surface area contributed by atoms with E-state index in [-0.39, 0.29) is 291 Å². The number of carbonyl (C=O) groups is 18. The summed E-state index contributed by atoms with van der Waals surface area (Å²) < 4.78 is 32.2. The summed E-state index contributed by atoms with van der Waals surface area (Å²) in [5.41, 5.74) is 0. The molecule has 112 heavy (non-hydrogen) atoms. The van der Waals surface area contributed by atoms with Gasteiger partial charge in [0.1, 0.15) is 71.0 Å². The maximum Gasteiger partial charge on any atom is 0.237 e. The van der Waals surface area contributed by atoms with Gasteiger partial charge in [0.25, 0.3) is 0 Å². The molecule has 0 aromatic rings. The van der Waals surface area contributed by atoms with Crippen molar-refractivity contribution in [2.75, 3.05) is 113 Å².